The highest BCUT2D eigenvalue weighted by Gasteiger charge is 2.21. The molecule has 0 radical (unpaired) electrons. The zero-order valence-electron chi connectivity index (χ0n) is 17.7. The molecule has 3 aromatic rings. The van der Waals surface area contributed by atoms with Gasteiger partial charge in [-0.05, 0) is 67.6 Å². The summed E-state index contributed by atoms with van der Waals surface area (Å²) in [4.78, 5) is 27.2. The number of nitrogens with zero attached hydrogens (tertiary/aromatic N) is 1. The lowest BCUT2D eigenvalue weighted by atomic mass is 10.1. The first-order chi connectivity index (χ1) is 15.1. The van der Waals surface area contributed by atoms with Gasteiger partial charge in [-0.25, -0.2) is 4.79 Å². The molecule has 1 heterocycles. The number of nitrogens with one attached hydrogen (secondary N) is 2. The van der Waals surface area contributed by atoms with E-state index in [0.29, 0.717) is 24.3 Å². The van der Waals surface area contributed by atoms with E-state index in [0.717, 1.165) is 30.5 Å². The Kier molecular flexibility index (Phi) is 6.32. The van der Waals surface area contributed by atoms with Crippen LogP contribution in [-0.4, -0.2) is 18.5 Å². The lowest BCUT2D eigenvalue weighted by Crippen LogP contribution is -2.35. The van der Waals surface area contributed by atoms with Crippen molar-refractivity contribution in [2.24, 2.45) is 0 Å². The molecule has 0 aliphatic carbocycles. The predicted molar refractivity (Wildman–Crippen MR) is 125 cm³/mol. The van der Waals surface area contributed by atoms with Gasteiger partial charge in [0.1, 0.15) is 0 Å². The van der Waals surface area contributed by atoms with Gasteiger partial charge in [-0.1, -0.05) is 48.0 Å². The molecule has 3 aromatic carbocycles. The summed E-state index contributed by atoms with van der Waals surface area (Å²) >= 11 is 0. The Labute approximate surface area is 183 Å². The van der Waals surface area contributed by atoms with E-state index >= 15 is 0 Å². The number of amides is 3. The van der Waals surface area contributed by atoms with Gasteiger partial charge in [-0.15, -0.1) is 0 Å². The maximum atomic E-state index is 12.9. The first-order valence-corrected chi connectivity index (χ1v) is 10.7. The first-order valence-electron chi connectivity index (χ1n) is 10.7. The summed E-state index contributed by atoms with van der Waals surface area (Å²) in [6.07, 6.45) is 3.04. The van der Waals surface area contributed by atoms with E-state index in [-0.39, 0.29) is 11.9 Å². The second kappa shape index (κ2) is 9.47. The summed E-state index contributed by atoms with van der Waals surface area (Å²) < 4.78 is 0. The van der Waals surface area contributed by atoms with Gasteiger partial charge in [0, 0.05) is 30.0 Å². The van der Waals surface area contributed by atoms with Crippen LogP contribution in [0.4, 0.5) is 16.2 Å². The number of anilines is 2. The lowest BCUT2D eigenvalue weighted by molar-refractivity contribution is 0.0951. The number of carbonyl (C=O) groups excluding carboxylic acids is 2. The molecule has 3 amide bonds. The average molecular weight is 414 g/mol. The molecular formula is C26H27N3O2. The topological polar surface area (TPSA) is 61.4 Å². The highest BCUT2D eigenvalue weighted by atomic mass is 16.2. The zero-order valence-corrected chi connectivity index (χ0v) is 17.7. The molecule has 0 unspecified atom stereocenters. The molecule has 0 saturated carbocycles. The second-order valence-electron chi connectivity index (χ2n) is 7.92. The van der Waals surface area contributed by atoms with Gasteiger partial charge in [0.25, 0.3) is 5.91 Å². The summed E-state index contributed by atoms with van der Waals surface area (Å²) in [6.45, 7) is 3.21. The quantitative estimate of drug-likeness (QED) is 0.610. The van der Waals surface area contributed by atoms with Crippen molar-refractivity contribution in [3.8, 4) is 0 Å². The van der Waals surface area contributed by atoms with E-state index < -0.39 is 0 Å². The third kappa shape index (κ3) is 5.12. The molecule has 0 fully saturated rings. The number of para-hydroxylation sites is 1. The van der Waals surface area contributed by atoms with Crippen LogP contribution in [0, 0.1) is 6.92 Å². The maximum absolute atomic E-state index is 12.9. The number of hydrogen-bond acceptors (Lipinski definition) is 2. The van der Waals surface area contributed by atoms with E-state index in [1.165, 1.54) is 11.1 Å². The Morgan fingerprint density at radius 3 is 2.55 bits per heavy atom. The monoisotopic (exact) mass is 413 g/mol. The smallest absolute Gasteiger partial charge is 0.326 e. The highest BCUT2D eigenvalue weighted by Crippen LogP contribution is 2.26. The molecule has 0 spiro atoms. The van der Waals surface area contributed by atoms with Crippen LogP contribution >= 0.6 is 0 Å². The van der Waals surface area contributed by atoms with Crippen molar-refractivity contribution in [1.82, 2.24) is 5.32 Å². The van der Waals surface area contributed by atoms with Gasteiger partial charge in [-0.3, -0.25) is 9.69 Å². The van der Waals surface area contributed by atoms with E-state index in [2.05, 4.69) is 22.8 Å². The van der Waals surface area contributed by atoms with Crippen molar-refractivity contribution in [1.29, 1.82) is 0 Å². The molecule has 0 aromatic heterocycles. The number of rotatable bonds is 4. The van der Waals surface area contributed by atoms with Gasteiger partial charge >= 0.3 is 6.03 Å². The number of fused-ring (bicyclic) bond motifs is 1. The Morgan fingerprint density at radius 2 is 1.74 bits per heavy atom. The minimum absolute atomic E-state index is 0.138. The fourth-order valence-electron chi connectivity index (χ4n) is 3.90. The third-order valence-corrected chi connectivity index (χ3v) is 5.54. The number of carbonyl (C=O) groups is 2. The molecular weight excluding hydrogens is 386 g/mol. The van der Waals surface area contributed by atoms with Crippen LogP contribution in [0.1, 0.15) is 39.9 Å². The van der Waals surface area contributed by atoms with Gasteiger partial charge in [0.05, 0.1) is 0 Å². The molecule has 0 saturated heterocycles. The fraction of sp³-hybridized carbons (Fsp3) is 0.231. The summed E-state index contributed by atoms with van der Waals surface area (Å²) in [6, 6.07) is 23.0. The molecule has 31 heavy (non-hydrogen) atoms. The van der Waals surface area contributed by atoms with Crippen LogP contribution in [0.15, 0.2) is 72.8 Å². The van der Waals surface area contributed by atoms with Crippen molar-refractivity contribution in [2.45, 2.75) is 32.7 Å². The Morgan fingerprint density at radius 1 is 0.935 bits per heavy atom. The van der Waals surface area contributed by atoms with E-state index in [4.69, 9.17) is 0 Å². The maximum Gasteiger partial charge on any atom is 0.326 e. The molecule has 1 aliphatic rings. The minimum atomic E-state index is -0.147. The van der Waals surface area contributed by atoms with Crippen molar-refractivity contribution < 1.29 is 9.59 Å². The zero-order chi connectivity index (χ0) is 21.6. The minimum Gasteiger partial charge on any atom is -0.348 e. The number of aryl methyl sites for hydroxylation is 2. The van der Waals surface area contributed by atoms with E-state index in [1.807, 2.05) is 48.2 Å². The molecule has 5 heteroatoms. The summed E-state index contributed by atoms with van der Waals surface area (Å²) in [5.74, 6) is -0.138. The molecule has 4 rings (SSSR count). The van der Waals surface area contributed by atoms with Gasteiger partial charge in [0.2, 0.25) is 0 Å². The molecule has 0 atom stereocenters. The van der Waals surface area contributed by atoms with Gasteiger partial charge < -0.3 is 10.6 Å². The van der Waals surface area contributed by atoms with Crippen molar-refractivity contribution in [2.75, 3.05) is 16.8 Å². The standard InChI is InChI=1S/C26H27N3O2/c1-19-7-6-8-20(17-19)18-27-25(30)22-12-14-23(15-13-22)28-26(31)29-16-5-4-10-21-9-2-3-11-24(21)29/h2-3,6-9,11-15,17H,4-5,10,16,18H2,1H3,(H,27,30)(H,28,31). The van der Waals surface area contributed by atoms with Crippen molar-refractivity contribution >= 4 is 23.3 Å². The number of hydrogen-bond donors (Lipinski definition) is 2. The SMILES string of the molecule is Cc1cccc(CNC(=O)c2ccc(NC(=O)N3CCCCc4ccccc43)cc2)c1. The number of urea groups is 1. The fourth-order valence-corrected chi connectivity index (χ4v) is 3.90. The summed E-state index contributed by atoms with van der Waals surface area (Å²) in [5, 5.41) is 5.90. The molecule has 1 aliphatic heterocycles. The Bertz CT molecular complexity index is 1080. The third-order valence-electron chi connectivity index (χ3n) is 5.54. The van der Waals surface area contributed by atoms with Crippen LogP contribution in [0.3, 0.4) is 0 Å². The Balaban J connectivity index is 1.38. The lowest BCUT2D eigenvalue weighted by Gasteiger charge is -2.23. The highest BCUT2D eigenvalue weighted by molar-refractivity contribution is 6.02. The second-order valence-corrected chi connectivity index (χ2v) is 7.92. The normalized spacial score (nSPS) is 13.1. The summed E-state index contributed by atoms with van der Waals surface area (Å²) in [7, 11) is 0. The van der Waals surface area contributed by atoms with Crippen molar-refractivity contribution in [3.05, 3.63) is 95.1 Å². The van der Waals surface area contributed by atoms with E-state index in [1.54, 1.807) is 24.3 Å². The van der Waals surface area contributed by atoms with Crippen molar-refractivity contribution in [3.63, 3.8) is 0 Å². The largest absolute Gasteiger partial charge is 0.348 e. The average Bonchev–Trinajstić information content (AvgIpc) is 3.01. The van der Waals surface area contributed by atoms with Crippen LogP contribution in [0.2, 0.25) is 0 Å². The van der Waals surface area contributed by atoms with Crippen LogP contribution in [-0.2, 0) is 13.0 Å². The Hall–Kier alpha value is -3.60. The molecule has 5 nitrogen and oxygen atoms in total. The van der Waals surface area contributed by atoms with Crippen LogP contribution in [0.5, 0.6) is 0 Å². The van der Waals surface area contributed by atoms with E-state index in [9.17, 15) is 9.59 Å². The molecule has 2 N–H and O–H groups in total. The summed E-state index contributed by atoms with van der Waals surface area (Å²) in [5.41, 5.74) is 5.64. The van der Waals surface area contributed by atoms with Crippen LogP contribution in [0.25, 0.3) is 0 Å². The van der Waals surface area contributed by atoms with Gasteiger partial charge in [0.15, 0.2) is 0 Å². The first kappa shape index (κ1) is 20.7. The molecule has 158 valence electrons. The number of benzene rings is 3. The van der Waals surface area contributed by atoms with Crippen LogP contribution < -0.4 is 15.5 Å². The predicted octanol–water partition coefficient (Wildman–Crippen LogP) is 5.30. The molecule has 0 bridgehead atoms. The van der Waals surface area contributed by atoms with Gasteiger partial charge in [-0.2, -0.15) is 0 Å².